The Morgan fingerprint density at radius 1 is 1.05 bits per heavy atom. The molecule has 1 unspecified atom stereocenters. The molecule has 0 aliphatic carbocycles. The molecule has 19 heavy (non-hydrogen) atoms. The fourth-order valence-electron chi connectivity index (χ4n) is 2.26. The number of para-hydroxylation sites is 1. The van der Waals surface area contributed by atoms with Gasteiger partial charge in [0, 0.05) is 16.2 Å². The van der Waals surface area contributed by atoms with Gasteiger partial charge in [0.1, 0.15) is 0 Å². The van der Waals surface area contributed by atoms with E-state index >= 15 is 0 Å². The molecule has 0 aliphatic rings. The maximum Gasteiger partial charge on any atom is 0.0374 e. The first-order chi connectivity index (χ1) is 9.19. The van der Waals surface area contributed by atoms with Gasteiger partial charge >= 0.3 is 0 Å². The van der Waals surface area contributed by atoms with Gasteiger partial charge in [-0.1, -0.05) is 53.2 Å². The maximum absolute atomic E-state index is 3.61. The maximum atomic E-state index is 3.61. The highest BCUT2D eigenvalue weighted by atomic mass is 79.9. The molecule has 0 heterocycles. The van der Waals surface area contributed by atoms with Crippen molar-refractivity contribution in [2.24, 2.45) is 0 Å². The standard InChI is InChI=1S/C17H20BrN/c1-3-15-6-4-5-7-17(15)19-13(2)12-14-8-10-16(18)11-9-14/h4-11,13,19H,3,12H2,1-2H3. The minimum atomic E-state index is 0.425. The van der Waals surface area contributed by atoms with Gasteiger partial charge in [0.05, 0.1) is 0 Å². The van der Waals surface area contributed by atoms with Crippen molar-refractivity contribution in [1.29, 1.82) is 0 Å². The lowest BCUT2D eigenvalue weighted by atomic mass is 10.1. The number of nitrogens with one attached hydrogen (secondary N) is 1. The topological polar surface area (TPSA) is 12.0 Å². The van der Waals surface area contributed by atoms with Crippen LogP contribution in [-0.2, 0) is 12.8 Å². The van der Waals surface area contributed by atoms with Crippen LogP contribution in [0, 0.1) is 0 Å². The third-order valence-corrected chi connectivity index (χ3v) is 3.78. The van der Waals surface area contributed by atoms with E-state index in [1.54, 1.807) is 0 Å². The van der Waals surface area contributed by atoms with Crippen LogP contribution in [-0.4, -0.2) is 6.04 Å². The monoisotopic (exact) mass is 317 g/mol. The molecule has 0 spiro atoms. The number of rotatable bonds is 5. The molecule has 100 valence electrons. The SMILES string of the molecule is CCc1ccccc1NC(C)Cc1ccc(Br)cc1. The molecule has 1 nitrogen and oxygen atoms in total. The summed E-state index contributed by atoms with van der Waals surface area (Å²) in [6, 6.07) is 17.5. The van der Waals surface area contributed by atoms with Crippen molar-refractivity contribution in [3.8, 4) is 0 Å². The van der Waals surface area contributed by atoms with Gasteiger partial charge in [-0.05, 0) is 49.1 Å². The second kappa shape index (κ2) is 6.76. The molecule has 1 atom stereocenters. The predicted molar refractivity (Wildman–Crippen MR) is 86.8 cm³/mol. The van der Waals surface area contributed by atoms with Crippen molar-refractivity contribution in [2.45, 2.75) is 32.7 Å². The molecule has 2 rings (SSSR count). The summed E-state index contributed by atoms with van der Waals surface area (Å²) in [6.45, 7) is 4.42. The van der Waals surface area contributed by atoms with Crippen LogP contribution in [0.15, 0.2) is 53.0 Å². The molecule has 2 aromatic rings. The smallest absolute Gasteiger partial charge is 0.0374 e. The van der Waals surface area contributed by atoms with E-state index in [1.807, 2.05) is 0 Å². The van der Waals surface area contributed by atoms with Gasteiger partial charge < -0.3 is 5.32 Å². The Balaban J connectivity index is 2.01. The van der Waals surface area contributed by atoms with Gasteiger partial charge in [0.2, 0.25) is 0 Å². The first-order valence-electron chi connectivity index (χ1n) is 6.78. The first kappa shape index (κ1) is 14.1. The van der Waals surface area contributed by atoms with Gasteiger partial charge in [-0.3, -0.25) is 0 Å². The zero-order valence-electron chi connectivity index (χ0n) is 11.5. The average Bonchev–Trinajstić information content (AvgIpc) is 2.42. The summed E-state index contributed by atoms with van der Waals surface area (Å²) in [5, 5.41) is 3.61. The Morgan fingerprint density at radius 2 is 1.74 bits per heavy atom. The Kier molecular flexibility index (Phi) is 5.03. The van der Waals surface area contributed by atoms with Crippen LogP contribution in [0.25, 0.3) is 0 Å². The average molecular weight is 318 g/mol. The van der Waals surface area contributed by atoms with Crippen LogP contribution in [0.3, 0.4) is 0 Å². The van der Waals surface area contributed by atoms with Crippen LogP contribution < -0.4 is 5.32 Å². The number of hydrogen-bond acceptors (Lipinski definition) is 1. The summed E-state index contributed by atoms with van der Waals surface area (Å²) in [7, 11) is 0. The fraction of sp³-hybridized carbons (Fsp3) is 0.294. The fourth-order valence-corrected chi connectivity index (χ4v) is 2.52. The molecular weight excluding hydrogens is 298 g/mol. The summed E-state index contributed by atoms with van der Waals surface area (Å²) in [5.74, 6) is 0. The van der Waals surface area contributed by atoms with E-state index in [0.29, 0.717) is 6.04 Å². The Hall–Kier alpha value is -1.28. The minimum absolute atomic E-state index is 0.425. The van der Waals surface area contributed by atoms with E-state index in [0.717, 1.165) is 17.3 Å². The van der Waals surface area contributed by atoms with Crippen LogP contribution in [0.4, 0.5) is 5.69 Å². The second-order valence-electron chi connectivity index (χ2n) is 4.89. The van der Waals surface area contributed by atoms with Crippen molar-refractivity contribution in [3.05, 3.63) is 64.1 Å². The zero-order valence-corrected chi connectivity index (χ0v) is 13.1. The Morgan fingerprint density at radius 3 is 2.42 bits per heavy atom. The summed E-state index contributed by atoms with van der Waals surface area (Å²) in [5.41, 5.74) is 4.00. The molecule has 0 saturated heterocycles. The quantitative estimate of drug-likeness (QED) is 0.813. The summed E-state index contributed by atoms with van der Waals surface area (Å²) in [6.07, 6.45) is 2.10. The minimum Gasteiger partial charge on any atom is -0.382 e. The second-order valence-corrected chi connectivity index (χ2v) is 5.80. The van der Waals surface area contributed by atoms with E-state index in [4.69, 9.17) is 0 Å². The van der Waals surface area contributed by atoms with E-state index in [-0.39, 0.29) is 0 Å². The zero-order chi connectivity index (χ0) is 13.7. The van der Waals surface area contributed by atoms with Gasteiger partial charge in [-0.2, -0.15) is 0 Å². The third-order valence-electron chi connectivity index (χ3n) is 3.26. The van der Waals surface area contributed by atoms with Crippen molar-refractivity contribution in [2.75, 3.05) is 5.32 Å². The van der Waals surface area contributed by atoms with Gasteiger partial charge in [0.25, 0.3) is 0 Å². The number of aryl methyl sites for hydroxylation is 1. The highest BCUT2D eigenvalue weighted by Gasteiger charge is 2.06. The molecule has 2 aromatic carbocycles. The van der Waals surface area contributed by atoms with Crippen LogP contribution in [0.1, 0.15) is 25.0 Å². The lowest BCUT2D eigenvalue weighted by Crippen LogP contribution is -2.18. The van der Waals surface area contributed by atoms with Crippen molar-refractivity contribution >= 4 is 21.6 Å². The Bertz CT molecular complexity index is 519. The van der Waals surface area contributed by atoms with Crippen LogP contribution >= 0.6 is 15.9 Å². The number of halogens is 1. The molecule has 2 heteroatoms. The van der Waals surface area contributed by atoms with Gasteiger partial charge in [-0.15, -0.1) is 0 Å². The molecule has 0 amide bonds. The summed E-state index contributed by atoms with van der Waals surface area (Å²) >= 11 is 3.47. The molecule has 0 saturated carbocycles. The lowest BCUT2D eigenvalue weighted by molar-refractivity contribution is 0.788. The molecule has 0 radical (unpaired) electrons. The third kappa shape index (κ3) is 4.10. The lowest BCUT2D eigenvalue weighted by Gasteiger charge is -2.18. The molecule has 0 bridgehead atoms. The summed E-state index contributed by atoms with van der Waals surface area (Å²) in [4.78, 5) is 0. The largest absolute Gasteiger partial charge is 0.382 e. The number of anilines is 1. The molecule has 0 aromatic heterocycles. The van der Waals surface area contributed by atoms with Gasteiger partial charge in [-0.25, -0.2) is 0 Å². The normalized spacial score (nSPS) is 12.2. The van der Waals surface area contributed by atoms with Crippen molar-refractivity contribution in [1.82, 2.24) is 0 Å². The van der Waals surface area contributed by atoms with Crippen LogP contribution in [0.5, 0.6) is 0 Å². The van der Waals surface area contributed by atoms with E-state index in [1.165, 1.54) is 16.8 Å². The van der Waals surface area contributed by atoms with Crippen molar-refractivity contribution in [3.63, 3.8) is 0 Å². The predicted octanol–water partition coefficient (Wildman–Crippen LogP) is 5.05. The number of benzene rings is 2. The highest BCUT2D eigenvalue weighted by Crippen LogP contribution is 2.18. The molecule has 0 aliphatic heterocycles. The molecule has 0 fully saturated rings. The summed E-state index contributed by atoms with van der Waals surface area (Å²) < 4.78 is 1.13. The van der Waals surface area contributed by atoms with Crippen molar-refractivity contribution < 1.29 is 0 Å². The number of hydrogen-bond donors (Lipinski definition) is 1. The van der Waals surface area contributed by atoms with E-state index < -0.39 is 0 Å². The molecular formula is C17H20BrN. The van der Waals surface area contributed by atoms with Gasteiger partial charge in [0.15, 0.2) is 0 Å². The highest BCUT2D eigenvalue weighted by molar-refractivity contribution is 9.10. The van der Waals surface area contributed by atoms with Crippen LogP contribution in [0.2, 0.25) is 0 Å². The van der Waals surface area contributed by atoms with E-state index in [2.05, 4.69) is 83.6 Å². The Labute approximate surface area is 124 Å². The van der Waals surface area contributed by atoms with E-state index in [9.17, 15) is 0 Å². The first-order valence-corrected chi connectivity index (χ1v) is 7.57. The molecule has 1 N–H and O–H groups in total.